The van der Waals surface area contributed by atoms with Crippen LogP contribution in [0.1, 0.15) is 39.4 Å². The van der Waals surface area contributed by atoms with Crippen molar-refractivity contribution >= 4 is 17.3 Å². The molecule has 0 atom stereocenters. The largest absolute Gasteiger partial charge is 0.476 e. The lowest BCUT2D eigenvalue weighted by atomic mass is 10.2. The maximum absolute atomic E-state index is 11.1. The fourth-order valence-corrected chi connectivity index (χ4v) is 2.87. The Morgan fingerprint density at radius 2 is 2.28 bits per heavy atom. The van der Waals surface area contributed by atoms with E-state index >= 15 is 0 Å². The molecule has 2 aromatic rings. The van der Waals surface area contributed by atoms with Gasteiger partial charge in [0.15, 0.2) is 5.69 Å². The minimum Gasteiger partial charge on any atom is -0.476 e. The lowest BCUT2D eigenvalue weighted by Crippen LogP contribution is -2.01. The number of carboxylic acid groups (broad SMARTS) is 1. The van der Waals surface area contributed by atoms with E-state index in [2.05, 4.69) is 9.97 Å². The first kappa shape index (κ1) is 12.7. The van der Waals surface area contributed by atoms with E-state index in [1.807, 2.05) is 25.1 Å². The molecule has 0 aromatic carbocycles. The quantitative estimate of drug-likeness (QED) is 0.900. The molecular formula is C13H14N2O2S. The van der Waals surface area contributed by atoms with Crippen molar-refractivity contribution in [1.82, 2.24) is 9.97 Å². The van der Waals surface area contributed by atoms with Crippen molar-refractivity contribution in [2.75, 3.05) is 0 Å². The second kappa shape index (κ2) is 5.73. The van der Waals surface area contributed by atoms with Crippen molar-refractivity contribution in [1.29, 1.82) is 0 Å². The number of nitrogens with zero attached hydrogens (tertiary/aromatic N) is 2. The van der Waals surface area contributed by atoms with E-state index in [4.69, 9.17) is 5.11 Å². The average Bonchev–Trinajstić information content (AvgIpc) is 2.74. The minimum atomic E-state index is -0.943. The van der Waals surface area contributed by atoms with Gasteiger partial charge in [0.2, 0.25) is 0 Å². The van der Waals surface area contributed by atoms with Gasteiger partial charge in [-0.15, -0.1) is 11.3 Å². The Labute approximate surface area is 109 Å². The van der Waals surface area contributed by atoms with Crippen LogP contribution in [0.4, 0.5) is 0 Å². The van der Waals surface area contributed by atoms with E-state index in [0.29, 0.717) is 6.42 Å². The average molecular weight is 262 g/mol. The summed E-state index contributed by atoms with van der Waals surface area (Å²) >= 11 is 1.48. The Morgan fingerprint density at radius 3 is 2.89 bits per heavy atom. The summed E-state index contributed by atoms with van der Waals surface area (Å²) in [7, 11) is 0. The second-order valence-electron chi connectivity index (χ2n) is 3.93. The van der Waals surface area contributed by atoms with E-state index in [9.17, 15) is 4.79 Å². The first-order valence-electron chi connectivity index (χ1n) is 5.82. The van der Waals surface area contributed by atoms with Crippen LogP contribution in [-0.2, 0) is 12.8 Å². The molecule has 2 heterocycles. The zero-order valence-corrected chi connectivity index (χ0v) is 10.9. The summed E-state index contributed by atoms with van der Waals surface area (Å²) in [5.41, 5.74) is 1.11. The fraction of sp³-hybridized carbons (Fsp3) is 0.308. The zero-order chi connectivity index (χ0) is 13.0. The molecule has 0 unspecified atom stereocenters. The van der Waals surface area contributed by atoms with Gasteiger partial charge in [0.25, 0.3) is 0 Å². The fourth-order valence-electron chi connectivity index (χ4n) is 1.70. The number of carboxylic acids is 1. The van der Waals surface area contributed by atoms with Crippen LogP contribution in [0, 0.1) is 0 Å². The Kier molecular flexibility index (Phi) is 4.04. The van der Waals surface area contributed by atoms with Crippen LogP contribution in [0.15, 0.2) is 24.4 Å². The summed E-state index contributed by atoms with van der Waals surface area (Å²) in [5.74, 6) is -0.943. The highest BCUT2D eigenvalue weighted by atomic mass is 32.1. The molecule has 0 aliphatic rings. The van der Waals surface area contributed by atoms with Gasteiger partial charge in [-0.2, -0.15) is 0 Å². The molecule has 0 bridgehead atoms. The zero-order valence-electron chi connectivity index (χ0n) is 10.1. The van der Waals surface area contributed by atoms with Crippen molar-refractivity contribution < 1.29 is 9.90 Å². The van der Waals surface area contributed by atoms with E-state index < -0.39 is 5.97 Å². The molecule has 94 valence electrons. The maximum Gasteiger partial charge on any atom is 0.355 e. The molecule has 4 nitrogen and oxygen atoms in total. The van der Waals surface area contributed by atoms with Gasteiger partial charge in [-0.25, -0.2) is 9.78 Å². The predicted octanol–water partition coefficient (Wildman–Crippen LogP) is 2.78. The summed E-state index contributed by atoms with van der Waals surface area (Å²) in [6.07, 6.45) is 4.01. The highest BCUT2D eigenvalue weighted by Gasteiger charge is 2.16. The molecule has 0 amide bonds. The molecule has 2 aromatic heterocycles. The van der Waals surface area contributed by atoms with Crippen molar-refractivity contribution in [3.05, 3.63) is 45.7 Å². The number of hydrogen-bond acceptors (Lipinski definition) is 4. The standard InChI is InChI=1S/C13H14N2O2S/c1-2-5-10-12(13(16)17)15-11(18-10)8-9-6-3-4-7-14-9/h3-4,6-7H,2,5,8H2,1H3,(H,16,17). The van der Waals surface area contributed by atoms with Crippen LogP contribution >= 0.6 is 11.3 Å². The van der Waals surface area contributed by atoms with Crippen LogP contribution in [0.3, 0.4) is 0 Å². The van der Waals surface area contributed by atoms with E-state index in [1.165, 1.54) is 11.3 Å². The Morgan fingerprint density at radius 1 is 1.44 bits per heavy atom. The Hall–Kier alpha value is -1.75. The lowest BCUT2D eigenvalue weighted by molar-refractivity contribution is 0.0690. The van der Waals surface area contributed by atoms with Gasteiger partial charge in [0.05, 0.1) is 5.01 Å². The van der Waals surface area contributed by atoms with Gasteiger partial charge in [-0.1, -0.05) is 19.4 Å². The molecule has 1 N–H and O–H groups in total. The van der Waals surface area contributed by atoms with Gasteiger partial charge < -0.3 is 5.11 Å². The second-order valence-corrected chi connectivity index (χ2v) is 5.10. The maximum atomic E-state index is 11.1. The van der Waals surface area contributed by atoms with E-state index in [-0.39, 0.29) is 5.69 Å². The third-order valence-electron chi connectivity index (χ3n) is 2.48. The van der Waals surface area contributed by atoms with Gasteiger partial charge in [-0.3, -0.25) is 4.98 Å². The van der Waals surface area contributed by atoms with E-state index in [1.54, 1.807) is 6.20 Å². The number of aryl methyl sites for hydroxylation is 1. The normalized spacial score (nSPS) is 10.5. The van der Waals surface area contributed by atoms with Gasteiger partial charge in [-0.05, 0) is 18.6 Å². The first-order valence-corrected chi connectivity index (χ1v) is 6.64. The number of aromatic nitrogens is 2. The van der Waals surface area contributed by atoms with Crippen LogP contribution in [-0.4, -0.2) is 21.0 Å². The number of rotatable bonds is 5. The highest BCUT2D eigenvalue weighted by Crippen LogP contribution is 2.22. The summed E-state index contributed by atoms with van der Waals surface area (Å²) < 4.78 is 0. The summed E-state index contributed by atoms with van der Waals surface area (Å²) in [6.45, 7) is 2.03. The molecule has 18 heavy (non-hydrogen) atoms. The van der Waals surface area contributed by atoms with Gasteiger partial charge in [0, 0.05) is 23.2 Å². The smallest absolute Gasteiger partial charge is 0.355 e. The van der Waals surface area contributed by atoms with Crippen molar-refractivity contribution in [2.24, 2.45) is 0 Å². The molecule has 5 heteroatoms. The third kappa shape index (κ3) is 2.92. The Balaban J connectivity index is 2.24. The van der Waals surface area contributed by atoms with E-state index in [0.717, 1.165) is 28.4 Å². The number of thiazole rings is 1. The van der Waals surface area contributed by atoms with Crippen LogP contribution in [0.2, 0.25) is 0 Å². The number of aromatic carboxylic acids is 1. The predicted molar refractivity (Wildman–Crippen MR) is 70.1 cm³/mol. The first-order chi connectivity index (χ1) is 8.70. The topological polar surface area (TPSA) is 63.1 Å². The highest BCUT2D eigenvalue weighted by molar-refractivity contribution is 7.11. The summed E-state index contributed by atoms with van der Waals surface area (Å²) in [4.78, 5) is 20.4. The lowest BCUT2D eigenvalue weighted by Gasteiger charge is -1.94. The molecule has 0 aliphatic carbocycles. The molecular weight excluding hydrogens is 248 g/mol. The molecule has 0 radical (unpaired) electrons. The molecule has 0 spiro atoms. The van der Waals surface area contributed by atoms with Crippen molar-refractivity contribution in [2.45, 2.75) is 26.2 Å². The monoisotopic (exact) mass is 262 g/mol. The van der Waals surface area contributed by atoms with Gasteiger partial charge >= 0.3 is 5.97 Å². The molecule has 0 saturated heterocycles. The molecule has 0 saturated carbocycles. The number of carbonyl (C=O) groups is 1. The van der Waals surface area contributed by atoms with Gasteiger partial charge in [0.1, 0.15) is 0 Å². The molecule has 2 rings (SSSR count). The SMILES string of the molecule is CCCc1sc(Cc2ccccn2)nc1C(=O)O. The number of pyridine rings is 1. The molecule has 0 fully saturated rings. The summed E-state index contributed by atoms with van der Waals surface area (Å²) in [5, 5.41) is 9.91. The Bertz CT molecular complexity index is 537. The third-order valence-corrected chi connectivity index (χ3v) is 3.59. The van der Waals surface area contributed by atoms with Crippen LogP contribution in [0.5, 0.6) is 0 Å². The van der Waals surface area contributed by atoms with Crippen molar-refractivity contribution in [3.8, 4) is 0 Å². The summed E-state index contributed by atoms with van der Waals surface area (Å²) in [6, 6.07) is 5.69. The van der Waals surface area contributed by atoms with Crippen LogP contribution in [0.25, 0.3) is 0 Å². The van der Waals surface area contributed by atoms with Crippen LogP contribution < -0.4 is 0 Å². The minimum absolute atomic E-state index is 0.202. The molecule has 0 aliphatic heterocycles. The number of hydrogen-bond donors (Lipinski definition) is 1. The van der Waals surface area contributed by atoms with Crippen molar-refractivity contribution in [3.63, 3.8) is 0 Å².